The summed E-state index contributed by atoms with van der Waals surface area (Å²) in [6.07, 6.45) is 3.98. The van der Waals surface area contributed by atoms with Crippen LogP contribution in [0.3, 0.4) is 0 Å². The molecule has 3 heterocycles. The molecule has 0 aromatic heterocycles. The van der Waals surface area contributed by atoms with Crippen molar-refractivity contribution >= 4 is 5.97 Å². The third-order valence-corrected chi connectivity index (χ3v) is 8.66. The molecule has 0 amide bonds. The fourth-order valence-corrected chi connectivity index (χ4v) is 7.60. The molecule has 8 atom stereocenters. The molecule has 0 radical (unpaired) electrons. The molecular formula is C20H30O6. The van der Waals surface area contributed by atoms with Crippen LogP contribution in [-0.4, -0.2) is 52.0 Å². The molecule has 5 aliphatic rings. The predicted octanol–water partition coefficient (Wildman–Crippen LogP) is 1.91. The second kappa shape index (κ2) is 4.83. The van der Waals surface area contributed by atoms with Crippen LogP contribution in [0.2, 0.25) is 0 Å². The Morgan fingerprint density at radius 1 is 1.08 bits per heavy atom. The first-order valence-corrected chi connectivity index (χ1v) is 10.0. The van der Waals surface area contributed by atoms with E-state index in [1.165, 1.54) is 0 Å². The monoisotopic (exact) mass is 366 g/mol. The number of fused-ring (bicyclic) bond motifs is 1. The summed E-state index contributed by atoms with van der Waals surface area (Å²) >= 11 is 0. The number of esters is 1. The molecule has 146 valence electrons. The van der Waals surface area contributed by atoms with Crippen molar-refractivity contribution in [3.8, 4) is 0 Å². The highest BCUT2D eigenvalue weighted by Gasteiger charge is 2.78. The van der Waals surface area contributed by atoms with Crippen LogP contribution < -0.4 is 0 Å². The lowest BCUT2D eigenvalue weighted by molar-refractivity contribution is -0.303. The third-order valence-electron chi connectivity index (χ3n) is 8.66. The Hall–Kier alpha value is -0.690. The van der Waals surface area contributed by atoms with Crippen molar-refractivity contribution < 1.29 is 29.2 Å². The molecular weight excluding hydrogens is 336 g/mol. The fourth-order valence-electron chi connectivity index (χ4n) is 7.60. The van der Waals surface area contributed by atoms with Gasteiger partial charge in [-0.25, -0.2) is 0 Å². The SMILES string of the molecule is C[C@]1(O)C[C@H]2OC(=O)[C@@]3(C)CCC[C@@](C)([C@@H]23)[C@@]12CC[C@]1(CO[C@H](O)C1)O2. The minimum absolute atomic E-state index is 0.0545. The molecule has 2 N–H and O–H groups in total. The van der Waals surface area contributed by atoms with E-state index in [-0.39, 0.29) is 23.4 Å². The molecule has 0 unspecified atom stereocenters. The van der Waals surface area contributed by atoms with Crippen molar-refractivity contribution in [3.05, 3.63) is 0 Å². The van der Waals surface area contributed by atoms with E-state index < -0.39 is 28.5 Å². The standard InChI is InChI=1S/C20H30O6/c1-16-5-4-6-17(2)14(16)12(25-15(16)22)9-18(3,23)20(17)8-7-19(26-20)10-13(21)24-11-19/h12-14,21,23H,4-11H2,1-3H3/t12-,13+,14+,16+,17+,18+,19+,20+/m1/s1. The van der Waals surface area contributed by atoms with E-state index in [1.54, 1.807) is 0 Å². The van der Waals surface area contributed by atoms with E-state index in [9.17, 15) is 15.0 Å². The summed E-state index contributed by atoms with van der Waals surface area (Å²) in [6.45, 7) is 6.45. The average molecular weight is 366 g/mol. The number of rotatable bonds is 0. The first-order valence-electron chi connectivity index (χ1n) is 10.0. The Labute approximate surface area is 154 Å². The highest BCUT2D eigenvalue weighted by atomic mass is 16.6. The van der Waals surface area contributed by atoms with Gasteiger partial charge >= 0.3 is 5.97 Å². The molecule has 3 saturated heterocycles. The van der Waals surface area contributed by atoms with E-state index >= 15 is 0 Å². The topological polar surface area (TPSA) is 85.2 Å². The molecule has 5 rings (SSSR count). The summed E-state index contributed by atoms with van der Waals surface area (Å²) in [4.78, 5) is 12.7. The first kappa shape index (κ1) is 17.4. The second-order valence-electron chi connectivity index (χ2n) is 10.2. The number of hydrogen-bond acceptors (Lipinski definition) is 6. The molecule has 2 aliphatic carbocycles. The van der Waals surface area contributed by atoms with Crippen LogP contribution >= 0.6 is 0 Å². The number of carbonyl (C=O) groups excluding carboxylic acids is 1. The van der Waals surface area contributed by atoms with Crippen molar-refractivity contribution in [1.82, 2.24) is 0 Å². The zero-order valence-electron chi connectivity index (χ0n) is 15.9. The van der Waals surface area contributed by atoms with Crippen molar-refractivity contribution in [2.45, 2.75) is 94.9 Å². The Bertz CT molecular complexity index is 663. The van der Waals surface area contributed by atoms with Crippen LogP contribution in [0.15, 0.2) is 0 Å². The molecule has 0 bridgehead atoms. The van der Waals surface area contributed by atoms with Crippen molar-refractivity contribution in [1.29, 1.82) is 0 Å². The van der Waals surface area contributed by atoms with Gasteiger partial charge in [-0.2, -0.15) is 0 Å². The van der Waals surface area contributed by atoms with Crippen molar-refractivity contribution in [2.75, 3.05) is 6.61 Å². The van der Waals surface area contributed by atoms with Gasteiger partial charge in [0.25, 0.3) is 0 Å². The van der Waals surface area contributed by atoms with Gasteiger partial charge < -0.3 is 24.4 Å². The minimum Gasteiger partial charge on any atom is -0.461 e. The summed E-state index contributed by atoms with van der Waals surface area (Å²) in [5, 5.41) is 21.5. The van der Waals surface area contributed by atoms with Gasteiger partial charge in [0, 0.05) is 24.2 Å². The summed E-state index contributed by atoms with van der Waals surface area (Å²) in [6, 6.07) is 0. The van der Waals surface area contributed by atoms with E-state index in [4.69, 9.17) is 14.2 Å². The van der Waals surface area contributed by atoms with Crippen LogP contribution in [0, 0.1) is 16.7 Å². The molecule has 2 spiro atoms. The largest absolute Gasteiger partial charge is 0.461 e. The van der Waals surface area contributed by atoms with Gasteiger partial charge in [-0.1, -0.05) is 13.3 Å². The summed E-state index contributed by atoms with van der Waals surface area (Å²) in [5.74, 6) is -0.0579. The smallest absolute Gasteiger partial charge is 0.312 e. The maximum absolute atomic E-state index is 12.7. The van der Waals surface area contributed by atoms with E-state index in [1.807, 2.05) is 13.8 Å². The van der Waals surface area contributed by atoms with E-state index in [2.05, 4.69) is 6.92 Å². The maximum atomic E-state index is 12.7. The van der Waals surface area contributed by atoms with E-state index in [0.29, 0.717) is 19.4 Å². The molecule has 0 aromatic carbocycles. The van der Waals surface area contributed by atoms with Gasteiger partial charge in [0.1, 0.15) is 11.7 Å². The first-order chi connectivity index (χ1) is 12.1. The van der Waals surface area contributed by atoms with Crippen molar-refractivity contribution in [2.24, 2.45) is 16.7 Å². The third kappa shape index (κ3) is 1.80. The zero-order chi connectivity index (χ0) is 18.6. The number of ether oxygens (including phenoxy) is 3. The molecule has 3 aliphatic heterocycles. The van der Waals surface area contributed by atoms with Gasteiger partial charge in [-0.3, -0.25) is 4.79 Å². The summed E-state index contributed by atoms with van der Waals surface area (Å²) in [7, 11) is 0. The maximum Gasteiger partial charge on any atom is 0.312 e. The quantitative estimate of drug-likeness (QED) is 0.637. The summed E-state index contributed by atoms with van der Waals surface area (Å²) < 4.78 is 18.0. The van der Waals surface area contributed by atoms with Crippen LogP contribution in [0.5, 0.6) is 0 Å². The highest BCUT2D eigenvalue weighted by Crippen LogP contribution is 2.71. The fraction of sp³-hybridized carbons (Fsp3) is 0.950. The Kier molecular flexibility index (Phi) is 3.23. The number of aliphatic hydroxyl groups is 2. The van der Waals surface area contributed by atoms with Crippen LogP contribution in [-0.2, 0) is 19.0 Å². The zero-order valence-corrected chi connectivity index (χ0v) is 15.9. The lowest BCUT2D eigenvalue weighted by Crippen LogP contribution is -2.72. The van der Waals surface area contributed by atoms with Crippen LogP contribution in [0.1, 0.15) is 65.7 Å². The van der Waals surface area contributed by atoms with Gasteiger partial charge in [0.2, 0.25) is 0 Å². The molecule has 6 heteroatoms. The van der Waals surface area contributed by atoms with Crippen LogP contribution in [0.25, 0.3) is 0 Å². The molecule has 0 aromatic rings. The van der Waals surface area contributed by atoms with Crippen LogP contribution in [0.4, 0.5) is 0 Å². The van der Waals surface area contributed by atoms with Gasteiger partial charge in [-0.05, 0) is 39.5 Å². The highest BCUT2D eigenvalue weighted by molar-refractivity contribution is 5.80. The number of carbonyl (C=O) groups is 1. The van der Waals surface area contributed by atoms with Crippen molar-refractivity contribution in [3.63, 3.8) is 0 Å². The second-order valence-corrected chi connectivity index (χ2v) is 10.2. The molecule has 26 heavy (non-hydrogen) atoms. The number of aliphatic hydroxyl groups excluding tert-OH is 1. The predicted molar refractivity (Wildman–Crippen MR) is 91.0 cm³/mol. The lowest BCUT2D eigenvalue weighted by Gasteiger charge is -2.64. The Morgan fingerprint density at radius 2 is 1.85 bits per heavy atom. The normalized spacial score (nSPS) is 61.3. The molecule has 6 nitrogen and oxygen atoms in total. The van der Waals surface area contributed by atoms with Gasteiger partial charge in [0.05, 0.1) is 23.2 Å². The number of hydrogen-bond donors (Lipinski definition) is 2. The Balaban J connectivity index is 1.62. The van der Waals surface area contributed by atoms with Gasteiger partial charge in [0.15, 0.2) is 6.29 Å². The summed E-state index contributed by atoms with van der Waals surface area (Å²) in [5.41, 5.74) is -3.22. The molecule has 5 fully saturated rings. The van der Waals surface area contributed by atoms with Gasteiger partial charge in [-0.15, -0.1) is 0 Å². The Morgan fingerprint density at radius 3 is 2.54 bits per heavy atom. The molecule has 2 saturated carbocycles. The average Bonchev–Trinajstić information content (AvgIpc) is 3.17. The van der Waals surface area contributed by atoms with E-state index in [0.717, 1.165) is 32.1 Å². The lowest BCUT2D eigenvalue weighted by atomic mass is 9.43. The minimum atomic E-state index is -1.09.